The van der Waals surface area contributed by atoms with Crippen molar-refractivity contribution in [1.82, 2.24) is 10.2 Å². The molecule has 2 atom stereocenters. The minimum Gasteiger partial charge on any atom is -0.444 e. The van der Waals surface area contributed by atoms with Crippen LogP contribution in [0, 0.1) is 0 Å². The van der Waals surface area contributed by atoms with Gasteiger partial charge in [0, 0.05) is 18.6 Å². The molecule has 2 unspecified atom stereocenters. The highest BCUT2D eigenvalue weighted by Crippen LogP contribution is 2.30. The van der Waals surface area contributed by atoms with Gasteiger partial charge in [0.25, 0.3) is 0 Å². The molecule has 4 nitrogen and oxygen atoms in total. The highest BCUT2D eigenvalue weighted by molar-refractivity contribution is 5.70. The Morgan fingerprint density at radius 1 is 1.33 bits per heavy atom. The van der Waals surface area contributed by atoms with E-state index in [9.17, 15) is 4.79 Å². The van der Waals surface area contributed by atoms with Crippen molar-refractivity contribution in [3.63, 3.8) is 0 Å². The van der Waals surface area contributed by atoms with Crippen molar-refractivity contribution in [3.8, 4) is 0 Å². The number of amides is 1. The largest absolute Gasteiger partial charge is 0.444 e. The Morgan fingerprint density at radius 3 is 2.48 bits per heavy atom. The van der Waals surface area contributed by atoms with Crippen molar-refractivity contribution in [2.45, 2.75) is 97.4 Å². The van der Waals surface area contributed by atoms with Gasteiger partial charge in [-0.25, -0.2) is 4.79 Å². The van der Waals surface area contributed by atoms with Crippen LogP contribution in [0.3, 0.4) is 0 Å². The number of unbranched alkanes of at least 4 members (excludes halogenated alkanes) is 2. The zero-order chi connectivity index (χ0) is 16.3. The third-order valence-electron chi connectivity index (χ3n) is 4.26. The molecule has 0 aliphatic carbocycles. The highest BCUT2D eigenvalue weighted by Gasteiger charge is 2.45. The Labute approximate surface area is 130 Å². The standard InChI is InChI=1S/C17H34N2O2/c1-8-9-10-11-14-17(6,7)19(13(2)12-18-14)15(20)21-16(3,4)5/h13-14,18H,8-12H2,1-7H3. The van der Waals surface area contributed by atoms with Gasteiger partial charge in [-0.05, 0) is 48.0 Å². The van der Waals surface area contributed by atoms with Crippen molar-refractivity contribution < 1.29 is 9.53 Å². The Balaban J connectivity index is 2.81. The molecule has 1 heterocycles. The fourth-order valence-electron chi connectivity index (χ4n) is 3.17. The molecule has 0 saturated carbocycles. The topological polar surface area (TPSA) is 41.6 Å². The lowest BCUT2D eigenvalue weighted by molar-refractivity contribution is -0.0327. The molecule has 0 spiro atoms. The minimum absolute atomic E-state index is 0.150. The maximum Gasteiger partial charge on any atom is 0.411 e. The van der Waals surface area contributed by atoms with E-state index in [0.717, 1.165) is 13.0 Å². The van der Waals surface area contributed by atoms with E-state index in [1.165, 1.54) is 19.3 Å². The van der Waals surface area contributed by atoms with Crippen molar-refractivity contribution in [2.24, 2.45) is 0 Å². The summed E-state index contributed by atoms with van der Waals surface area (Å²) in [5.74, 6) is 0. The van der Waals surface area contributed by atoms with Gasteiger partial charge in [0.1, 0.15) is 5.60 Å². The summed E-state index contributed by atoms with van der Waals surface area (Å²) in [7, 11) is 0. The van der Waals surface area contributed by atoms with Crippen LogP contribution in [0.4, 0.5) is 4.79 Å². The fourth-order valence-corrected chi connectivity index (χ4v) is 3.17. The molecule has 1 aliphatic rings. The zero-order valence-electron chi connectivity index (χ0n) is 15.0. The van der Waals surface area contributed by atoms with Crippen LogP contribution < -0.4 is 5.32 Å². The van der Waals surface area contributed by atoms with E-state index < -0.39 is 5.60 Å². The van der Waals surface area contributed by atoms with E-state index >= 15 is 0 Å². The first-order chi connectivity index (χ1) is 9.59. The normalized spacial score (nSPS) is 25.8. The van der Waals surface area contributed by atoms with Crippen molar-refractivity contribution in [2.75, 3.05) is 6.54 Å². The summed E-state index contributed by atoms with van der Waals surface area (Å²) >= 11 is 0. The molecule has 21 heavy (non-hydrogen) atoms. The van der Waals surface area contributed by atoms with Crippen LogP contribution in [0.2, 0.25) is 0 Å². The lowest BCUT2D eigenvalue weighted by Crippen LogP contribution is -2.69. The second kappa shape index (κ2) is 6.99. The third-order valence-corrected chi connectivity index (χ3v) is 4.26. The van der Waals surface area contributed by atoms with Crippen LogP contribution in [-0.4, -0.2) is 40.8 Å². The molecule has 1 saturated heterocycles. The molecular weight excluding hydrogens is 264 g/mol. The number of ether oxygens (including phenoxy) is 1. The van der Waals surface area contributed by atoms with Gasteiger partial charge in [-0.2, -0.15) is 0 Å². The van der Waals surface area contributed by atoms with Crippen molar-refractivity contribution in [3.05, 3.63) is 0 Å². The van der Waals surface area contributed by atoms with Gasteiger partial charge in [-0.15, -0.1) is 0 Å². The summed E-state index contributed by atoms with van der Waals surface area (Å²) in [5.41, 5.74) is -0.677. The monoisotopic (exact) mass is 298 g/mol. The third kappa shape index (κ3) is 4.87. The molecule has 1 fully saturated rings. The second-order valence-electron chi connectivity index (χ2n) is 7.81. The van der Waals surface area contributed by atoms with Crippen molar-refractivity contribution in [1.29, 1.82) is 0 Å². The first kappa shape index (κ1) is 18.3. The lowest BCUT2D eigenvalue weighted by atomic mass is 9.85. The number of piperazine rings is 1. The smallest absolute Gasteiger partial charge is 0.411 e. The van der Waals surface area contributed by atoms with E-state index in [0.29, 0.717) is 6.04 Å². The average molecular weight is 298 g/mol. The molecule has 124 valence electrons. The van der Waals surface area contributed by atoms with Gasteiger partial charge >= 0.3 is 6.09 Å². The van der Waals surface area contributed by atoms with Gasteiger partial charge in [0.2, 0.25) is 0 Å². The molecule has 1 amide bonds. The summed E-state index contributed by atoms with van der Waals surface area (Å²) in [5, 5.41) is 3.62. The molecule has 0 aromatic heterocycles. The molecule has 1 N–H and O–H groups in total. The Kier molecular flexibility index (Phi) is 6.09. The van der Waals surface area contributed by atoms with E-state index in [2.05, 4.69) is 33.0 Å². The number of nitrogens with one attached hydrogen (secondary N) is 1. The molecule has 0 aromatic carbocycles. The molecule has 4 heteroatoms. The van der Waals surface area contributed by atoms with Gasteiger partial charge in [0.05, 0.1) is 5.54 Å². The van der Waals surface area contributed by atoms with Gasteiger partial charge in [0.15, 0.2) is 0 Å². The zero-order valence-corrected chi connectivity index (χ0v) is 15.0. The highest BCUT2D eigenvalue weighted by atomic mass is 16.6. The van der Waals surface area contributed by atoms with Crippen LogP contribution in [-0.2, 0) is 4.74 Å². The predicted octanol–water partition coefficient (Wildman–Crippen LogP) is 3.94. The summed E-state index contributed by atoms with van der Waals surface area (Å²) in [6.45, 7) is 15.2. The second-order valence-corrected chi connectivity index (χ2v) is 7.81. The fraction of sp³-hybridized carbons (Fsp3) is 0.941. The molecular formula is C17H34N2O2. The van der Waals surface area contributed by atoms with Crippen LogP contribution in [0.5, 0.6) is 0 Å². The van der Waals surface area contributed by atoms with Crippen LogP contribution >= 0.6 is 0 Å². The summed E-state index contributed by atoms with van der Waals surface area (Å²) < 4.78 is 5.62. The van der Waals surface area contributed by atoms with Gasteiger partial charge < -0.3 is 10.1 Å². The van der Waals surface area contributed by atoms with E-state index in [-0.39, 0.29) is 17.7 Å². The molecule has 0 aromatic rings. The first-order valence-corrected chi connectivity index (χ1v) is 8.35. The Morgan fingerprint density at radius 2 is 1.95 bits per heavy atom. The summed E-state index contributed by atoms with van der Waals surface area (Å²) in [6.07, 6.45) is 4.58. The Hall–Kier alpha value is -0.770. The molecule has 0 bridgehead atoms. The molecule has 1 aliphatic heterocycles. The number of carbonyl (C=O) groups is 1. The number of hydrogen-bond donors (Lipinski definition) is 1. The molecule has 1 rings (SSSR count). The van der Waals surface area contributed by atoms with Gasteiger partial charge in [-0.1, -0.05) is 26.2 Å². The van der Waals surface area contributed by atoms with Crippen LogP contribution in [0.25, 0.3) is 0 Å². The minimum atomic E-state index is -0.449. The molecule has 0 radical (unpaired) electrons. The lowest BCUT2D eigenvalue weighted by Gasteiger charge is -2.51. The van der Waals surface area contributed by atoms with Crippen LogP contribution in [0.15, 0.2) is 0 Å². The van der Waals surface area contributed by atoms with E-state index in [4.69, 9.17) is 4.74 Å². The maximum absolute atomic E-state index is 12.6. The number of rotatable bonds is 4. The first-order valence-electron chi connectivity index (χ1n) is 8.35. The average Bonchev–Trinajstić information content (AvgIpc) is 2.29. The summed E-state index contributed by atoms with van der Waals surface area (Å²) in [6, 6.07) is 0.477. The van der Waals surface area contributed by atoms with Crippen molar-refractivity contribution >= 4 is 6.09 Å². The van der Waals surface area contributed by atoms with E-state index in [1.54, 1.807) is 0 Å². The van der Waals surface area contributed by atoms with Crippen LogP contribution in [0.1, 0.15) is 74.1 Å². The number of carbonyl (C=O) groups excluding carboxylic acids is 1. The predicted molar refractivity (Wildman–Crippen MR) is 87.5 cm³/mol. The number of hydrogen-bond acceptors (Lipinski definition) is 3. The number of nitrogens with zero attached hydrogens (tertiary/aromatic N) is 1. The quantitative estimate of drug-likeness (QED) is 0.799. The van der Waals surface area contributed by atoms with E-state index in [1.807, 2.05) is 25.7 Å². The van der Waals surface area contributed by atoms with Gasteiger partial charge in [-0.3, -0.25) is 4.90 Å². The SMILES string of the molecule is CCCCCC1NCC(C)N(C(=O)OC(C)(C)C)C1(C)C. The Bertz CT molecular complexity index is 347. The maximum atomic E-state index is 12.6. The summed E-state index contributed by atoms with van der Waals surface area (Å²) in [4.78, 5) is 14.5.